The number of urea groups is 1. The van der Waals surface area contributed by atoms with Crippen molar-refractivity contribution in [1.82, 2.24) is 10.4 Å². The summed E-state index contributed by atoms with van der Waals surface area (Å²) in [6.45, 7) is -2.60. The summed E-state index contributed by atoms with van der Waals surface area (Å²) < 4.78 is 80.4. The van der Waals surface area contributed by atoms with Gasteiger partial charge >= 0.3 is 18.7 Å². The summed E-state index contributed by atoms with van der Waals surface area (Å²) in [5, 5.41) is 4.82. The van der Waals surface area contributed by atoms with Gasteiger partial charge in [-0.25, -0.2) is 28.2 Å². The van der Waals surface area contributed by atoms with Crippen molar-refractivity contribution >= 4 is 45.7 Å². The van der Waals surface area contributed by atoms with Crippen LogP contribution in [0, 0.1) is 17.5 Å². The van der Waals surface area contributed by atoms with Crippen LogP contribution in [0.4, 0.5) is 47.9 Å². The van der Waals surface area contributed by atoms with Gasteiger partial charge in [-0.2, -0.15) is 8.78 Å². The molecule has 0 aliphatic heterocycles. The number of anilines is 3. The number of ether oxygens (including phenoxy) is 2. The largest absolute Gasteiger partial charge is 0.449 e. The number of rotatable bonds is 13. The molecule has 0 aliphatic carbocycles. The first-order valence-electron chi connectivity index (χ1n) is 14.8. The zero-order valence-electron chi connectivity index (χ0n) is 27.1. The van der Waals surface area contributed by atoms with E-state index in [4.69, 9.17) is 4.74 Å². The maximum atomic E-state index is 15.2. The summed E-state index contributed by atoms with van der Waals surface area (Å²) in [6, 6.07) is 12.1. The number of thiophene rings is 1. The minimum absolute atomic E-state index is 0.0621. The lowest BCUT2D eigenvalue weighted by molar-refractivity contribution is -0.0521. The molecule has 4 aromatic rings. The maximum Gasteiger partial charge on any atom is 0.415 e. The lowest BCUT2D eigenvalue weighted by atomic mass is 10.0. The number of carbonyl (C=O) groups is 3. The molecule has 0 saturated carbocycles. The van der Waals surface area contributed by atoms with E-state index in [-0.39, 0.29) is 23.7 Å². The molecule has 0 aliphatic rings. The molecule has 1 aromatic heterocycles. The van der Waals surface area contributed by atoms with Crippen LogP contribution in [0.25, 0.3) is 10.4 Å². The van der Waals surface area contributed by atoms with Crippen LogP contribution >= 0.6 is 11.3 Å². The van der Waals surface area contributed by atoms with Crippen molar-refractivity contribution in [1.29, 1.82) is 0 Å². The van der Waals surface area contributed by atoms with Gasteiger partial charge in [0, 0.05) is 22.7 Å². The summed E-state index contributed by atoms with van der Waals surface area (Å²) >= 11 is 0.912. The fourth-order valence-electron chi connectivity index (χ4n) is 4.77. The molecule has 4 rings (SSSR count). The molecule has 0 saturated heterocycles. The second-order valence-corrected chi connectivity index (χ2v) is 11.6. The van der Waals surface area contributed by atoms with Gasteiger partial charge in [-0.3, -0.25) is 14.5 Å². The van der Waals surface area contributed by atoms with Gasteiger partial charge in [0.2, 0.25) is 0 Å². The molecule has 0 atom stereocenters. The molecular formula is C33H32F5N5O6S. The van der Waals surface area contributed by atoms with Gasteiger partial charge in [0.05, 0.1) is 31.5 Å². The van der Waals surface area contributed by atoms with Gasteiger partial charge in [0.15, 0.2) is 11.6 Å². The van der Waals surface area contributed by atoms with E-state index in [2.05, 4.69) is 25.7 Å². The molecule has 0 fully saturated rings. The lowest BCUT2D eigenvalue weighted by Crippen LogP contribution is -2.33. The smallest absolute Gasteiger partial charge is 0.415 e. The first-order chi connectivity index (χ1) is 23.8. The van der Waals surface area contributed by atoms with Crippen molar-refractivity contribution in [2.24, 2.45) is 0 Å². The van der Waals surface area contributed by atoms with Crippen LogP contribution in [0.3, 0.4) is 0 Å². The highest BCUT2D eigenvalue weighted by Crippen LogP contribution is 2.44. The minimum Gasteiger partial charge on any atom is -0.449 e. The van der Waals surface area contributed by atoms with Crippen LogP contribution < -0.4 is 25.8 Å². The molecular weight excluding hydrogens is 689 g/mol. The van der Waals surface area contributed by atoms with Gasteiger partial charge in [-0.05, 0) is 68.5 Å². The fraction of sp³-hybridized carbons (Fsp3) is 0.242. The highest BCUT2D eigenvalue weighted by Gasteiger charge is 2.33. The number of benzene rings is 3. The zero-order chi connectivity index (χ0) is 36.5. The standard InChI is InChI=1S/C33H32F5N5O6S/c1-5-48-33(46)43(17-20-22(34)8-6-9-23(20)35)30-26(29(44)40-24-10-7-11-25(27(24)36)49-31(37)38)21(16-42(2)3)28(50-30)18-12-14-19(15-13-18)39-32(45)41-47-4/h6-15,31H,5,16-17H2,1-4H3,(H,40,44)(H2,39,41,45). The summed E-state index contributed by atoms with van der Waals surface area (Å²) in [7, 11) is 4.67. The molecule has 1 heterocycles. The number of alkyl halides is 2. The lowest BCUT2D eigenvalue weighted by Gasteiger charge is -2.23. The van der Waals surface area contributed by atoms with E-state index in [1.807, 2.05) is 0 Å². The predicted octanol–water partition coefficient (Wildman–Crippen LogP) is 7.59. The van der Waals surface area contributed by atoms with Crippen molar-refractivity contribution in [3.05, 3.63) is 94.8 Å². The van der Waals surface area contributed by atoms with Crippen LogP contribution in [-0.2, 0) is 22.7 Å². The minimum atomic E-state index is -3.35. The molecule has 0 radical (unpaired) electrons. The fourth-order valence-corrected chi connectivity index (χ4v) is 6.08. The maximum absolute atomic E-state index is 15.2. The topological polar surface area (TPSA) is 121 Å². The third-order valence-corrected chi connectivity index (χ3v) is 8.13. The summed E-state index contributed by atoms with van der Waals surface area (Å²) in [5.41, 5.74) is 2.10. The van der Waals surface area contributed by atoms with Gasteiger partial charge in [-0.1, -0.05) is 24.3 Å². The summed E-state index contributed by atoms with van der Waals surface area (Å²) in [6.07, 6.45) is -1.05. The van der Waals surface area contributed by atoms with E-state index >= 15 is 4.39 Å². The molecule has 3 N–H and O–H groups in total. The SMILES string of the molecule is CCOC(=O)N(Cc1c(F)cccc1F)c1sc(-c2ccc(NC(=O)NOC)cc2)c(CN(C)C)c1C(=O)Nc1cccc(OC(F)F)c1F. The number of hydroxylamine groups is 1. The highest BCUT2D eigenvalue weighted by molar-refractivity contribution is 7.20. The number of amides is 4. The van der Waals surface area contributed by atoms with Crippen molar-refractivity contribution in [3.8, 4) is 16.2 Å². The van der Waals surface area contributed by atoms with Gasteiger partial charge in [0.25, 0.3) is 5.91 Å². The van der Waals surface area contributed by atoms with E-state index in [0.29, 0.717) is 21.7 Å². The predicted molar refractivity (Wildman–Crippen MR) is 177 cm³/mol. The van der Waals surface area contributed by atoms with E-state index in [0.717, 1.165) is 46.6 Å². The van der Waals surface area contributed by atoms with Crippen molar-refractivity contribution in [2.45, 2.75) is 26.6 Å². The van der Waals surface area contributed by atoms with Crippen LogP contribution in [0.15, 0.2) is 60.7 Å². The Hall–Kier alpha value is -5.26. The Morgan fingerprint density at radius 3 is 2.14 bits per heavy atom. The van der Waals surface area contributed by atoms with Crippen molar-refractivity contribution in [3.63, 3.8) is 0 Å². The van der Waals surface area contributed by atoms with Crippen LogP contribution in [0.5, 0.6) is 5.75 Å². The second-order valence-electron chi connectivity index (χ2n) is 10.6. The van der Waals surface area contributed by atoms with Gasteiger partial charge < -0.3 is 25.0 Å². The van der Waals surface area contributed by atoms with E-state index in [1.54, 1.807) is 43.3 Å². The Labute approximate surface area is 287 Å². The number of hydrogen-bond donors (Lipinski definition) is 3. The normalized spacial score (nSPS) is 11.0. The van der Waals surface area contributed by atoms with E-state index in [9.17, 15) is 31.9 Å². The van der Waals surface area contributed by atoms with Crippen molar-refractivity contribution < 1.29 is 50.6 Å². The average Bonchev–Trinajstić information content (AvgIpc) is 3.41. The Bertz CT molecular complexity index is 1820. The Morgan fingerprint density at radius 1 is 0.880 bits per heavy atom. The zero-order valence-corrected chi connectivity index (χ0v) is 27.9. The highest BCUT2D eigenvalue weighted by atomic mass is 32.1. The third-order valence-electron chi connectivity index (χ3n) is 6.83. The van der Waals surface area contributed by atoms with Crippen LogP contribution in [0.1, 0.15) is 28.4 Å². The molecule has 3 aromatic carbocycles. The summed E-state index contributed by atoms with van der Waals surface area (Å²) in [5.74, 6) is -5.02. The van der Waals surface area contributed by atoms with E-state index in [1.165, 1.54) is 20.1 Å². The number of nitrogens with zero attached hydrogens (tertiary/aromatic N) is 2. The molecule has 4 amide bonds. The molecule has 0 unspecified atom stereocenters. The Balaban J connectivity index is 1.94. The third kappa shape index (κ3) is 9.04. The molecule has 50 heavy (non-hydrogen) atoms. The Kier molecular flexibility index (Phi) is 12.7. The van der Waals surface area contributed by atoms with Gasteiger partial charge in [-0.15, -0.1) is 11.3 Å². The molecule has 0 spiro atoms. The summed E-state index contributed by atoms with van der Waals surface area (Å²) in [4.78, 5) is 47.3. The molecule has 266 valence electrons. The second kappa shape index (κ2) is 16.9. The molecule has 17 heteroatoms. The molecule has 0 bridgehead atoms. The molecule has 11 nitrogen and oxygen atoms in total. The number of hydrogen-bond acceptors (Lipinski definition) is 8. The van der Waals surface area contributed by atoms with Crippen molar-refractivity contribution in [2.75, 3.05) is 43.3 Å². The average molecular weight is 722 g/mol. The first-order valence-corrected chi connectivity index (χ1v) is 15.6. The quantitative estimate of drug-likeness (QED) is 0.0961. The van der Waals surface area contributed by atoms with E-state index < -0.39 is 65.6 Å². The number of carbonyl (C=O) groups excluding carboxylic acids is 3. The number of nitrogens with one attached hydrogen (secondary N) is 3. The first kappa shape index (κ1) is 37.6. The van der Waals surface area contributed by atoms with Crippen LogP contribution in [0.2, 0.25) is 0 Å². The number of halogens is 5. The van der Waals surface area contributed by atoms with Gasteiger partial charge in [0.1, 0.15) is 16.6 Å². The Morgan fingerprint density at radius 2 is 1.54 bits per heavy atom. The monoisotopic (exact) mass is 721 g/mol. The van der Waals surface area contributed by atoms with Crippen LogP contribution in [-0.4, -0.2) is 57.4 Å².